The van der Waals surface area contributed by atoms with Gasteiger partial charge in [0.2, 0.25) is 0 Å². The normalized spacial score (nSPS) is 21.6. The van der Waals surface area contributed by atoms with Crippen molar-refractivity contribution in [1.29, 1.82) is 0 Å². The molecule has 2 rings (SSSR count). The summed E-state index contributed by atoms with van der Waals surface area (Å²) in [6, 6.07) is 1.81. The quantitative estimate of drug-likeness (QED) is 0.827. The number of pyridine rings is 1. The van der Waals surface area contributed by atoms with Gasteiger partial charge in [-0.3, -0.25) is 9.78 Å². The third kappa shape index (κ3) is 3.81. The molecule has 1 aromatic heterocycles. The van der Waals surface area contributed by atoms with Gasteiger partial charge in [-0.2, -0.15) is 0 Å². The summed E-state index contributed by atoms with van der Waals surface area (Å²) in [7, 11) is 0. The number of ether oxygens (including phenoxy) is 1. The first-order valence-electron chi connectivity index (χ1n) is 7.13. The number of aliphatic hydroxyl groups excluding tert-OH is 1. The zero-order chi connectivity index (χ0) is 15.2. The van der Waals surface area contributed by atoms with Gasteiger partial charge in [0.1, 0.15) is 6.61 Å². The van der Waals surface area contributed by atoms with Crippen LogP contribution in [0.3, 0.4) is 0 Å². The molecule has 0 bridgehead atoms. The van der Waals surface area contributed by atoms with Crippen LogP contribution in [0, 0.1) is 11.8 Å². The van der Waals surface area contributed by atoms with Gasteiger partial charge in [-0.25, -0.2) is 0 Å². The Balaban J connectivity index is 2.21. The van der Waals surface area contributed by atoms with E-state index in [1.807, 2.05) is 18.7 Å². The Morgan fingerprint density at radius 3 is 3.10 bits per heavy atom. The van der Waals surface area contributed by atoms with Gasteiger partial charge in [-0.15, -0.1) is 0 Å². The van der Waals surface area contributed by atoms with Crippen LogP contribution in [0.4, 0.5) is 0 Å². The third-order valence-corrected chi connectivity index (χ3v) is 3.50. The maximum absolute atomic E-state index is 12.7. The third-order valence-electron chi connectivity index (χ3n) is 3.50. The van der Waals surface area contributed by atoms with Gasteiger partial charge in [-0.1, -0.05) is 18.8 Å². The minimum absolute atomic E-state index is 0.0436. The number of carbonyl (C=O) groups excluding carboxylic acids is 1. The number of aromatic nitrogens is 1. The van der Waals surface area contributed by atoms with Crippen LogP contribution < -0.4 is 0 Å². The fourth-order valence-electron chi connectivity index (χ4n) is 2.36. The number of hydrogen-bond acceptors (Lipinski definition) is 4. The summed E-state index contributed by atoms with van der Waals surface area (Å²) < 4.78 is 5.61. The Hall–Kier alpha value is -1.90. The fourth-order valence-corrected chi connectivity index (χ4v) is 2.36. The second-order valence-electron chi connectivity index (χ2n) is 5.09. The van der Waals surface area contributed by atoms with Crippen molar-refractivity contribution < 1.29 is 14.6 Å². The standard InChI is InChI=1S/C16H20N2O3/c1-3-15-11-21-12(2)10-18(15)16(20)14-7-13(5-4-6-19)8-17-9-14/h7-9,12,15,19H,3,6,10-11H2,1-2H3. The highest BCUT2D eigenvalue weighted by Gasteiger charge is 2.30. The van der Waals surface area contributed by atoms with E-state index in [1.165, 1.54) is 0 Å². The lowest BCUT2D eigenvalue weighted by Crippen LogP contribution is -2.51. The average Bonchev–Trinajstić information content (AvgIpc) is 2.52. The SMILES string of the molecule is CCC1COC(C)CN1C(=O)c1cncc(C#CCO)c1. The Morgan fingerprint density at radius 2 is 2.38 bits per heavy atom. The molecule has 0 aliphatic carbocycles. The van der Waals surface area contributed by atoms with Crippen LogP contribution in [-0.4, -0.2) is 52.8 Å². The number of amides is 1. The van der Waals surface area contributed by atoms with Gasteiger partial charge in [0.05, 0.1) is 24.3 Å². The number of rotatable bonds is 2. The number of morpholine rings is 1. The summed E-state index contributed by atoms with van der Waals surface area (Å²) >= 11 is 0. The molecule has 2 atom stereocenters. The molecule has 112 valence electrons. The fraction of sp³-hybridized carbons (Fsp3) is 0.500. The smallest absolute Gasteiger partial charge is 0.255 e. The highest BCUT2D eigenvalue weighted by Crippen LogP contribution is 2.18. The van der Waals surface area contributed by atoms with Crippen molar-refractivity contribution in [3.05, 3.63) is 29.6 Å². The van der Waals surface area contributed by atoms with Crippen molar-refractivity contribution in [2.75, 3.05) is 19.8 Å². The first-order valence-corrected chi connectivity index (χ1v) is 7.13. The lowest BCUT2D eigenvalue weighted by Gasteiger charge is -2.38. The van der Waals surface area contributed by atoms with E-state index in [9.17, 15) is 4.79 Å². The van der Waals surface area contributed by atoms with Crippen LogP contribution in [0.15, 0.2) is 18.5 Å². The topological polar surface area (TPSA) is 62.7 Å². The Bertz CT molecular complexity index is 562. The van der Waals surface area contributed by atoms with Crippen LogP contribution in [-0.2, 0) is 4.74 Å². The summed E-state index contributed by atoms with van der Waals surface area (Å²) in [6.07, 6.45) is 4.04. The molecule has 5 nitrogen and oxygen atoms in total. The van der Waals surface area contributed by atoms with Crippen LogP contribution in [0.1, 0.15) is 36.2 Å². The minimum Gasteiger partial charge on any atom is -0.384 e. The lowest BCUT2D eigenvalue weighted by atomic mass is 10.1. The van der Waals surface area contributed by atoms with Crippen molar-refractivity contribution >= 4 is 5.91 Å². The summed E-state index contributed by atoms with van der Waals surface area (Å²) in [5, 5.41) is 8.72. The van der Waals surface area contributed by atoms with Crippen molar-refractivity contribution in [1.82, 2.24) is 9.88 Å². The molecular weight excluding hydrogens is 268 g/mol. The van der Waals surface area contributed by atoms with Gasteiger partial charge in [0, 0.05) is 24.5 Å². The predicted molar refractivity (Wildman–Crippen MR) is 78.7 cm³/mol. The Morgan fingerprint density at radius 1 is 1.57 bits per heavy atom. The minimum atomic E-state index is -0.211. The summed E-state index contributed by atoms with van der Waals surface area (Å²) in [6.45, 7) is 4.96. The van der Waals surface area contributed by atoms with E-state index in [4.69, 9.17) is 9.84 Å². The van der Waals surface area contributed by atoms with Crippen molar-refractivity contribution in [2.24, 2.45) is 0 Å². The molecule has 1 aliphatic heterocycles. The van der Waals surface area contributed by atoms with Crippen molar-refractivity contribution in [3.63, 3.8) is 0 Å². The Kier molecular flexibility index (Phi) is 5.32. The number of hydrogen-bond donors (Lipinski definition) is 1. The van der Waals surface area contributed by atoms with Gasteiger partial charge >= 0.3 is 0 Å². The molecule has 1 N–H and O–H groups in total. The molecule has 1 amide bonds. The van der Waals surface area contributed by atoms with Crippen molar-refractivity contribution in [2.45, 2.75) is 32.4 Å². The van der Waals surface area contributed by atoms with Gasteiger partial charge in [0.15, 0.2) is 0 Å². The second-order valence-corrected chi connectivity index (χ2v) is 5.09. The van der Waals surface area contributed by atoms with Gasteiger partial charge in [-0.05, 0) is 19.4 Å². The first-order chi connectivity index (χ1) is 10.2. The van der Waals surface area contributed by atoms with Crippen molar-refractivity contribution in [3.8, 4) is 11.8 Å². The molecule has 2 heterocycles. The van der Waals surface area contributed by atoms with Crippen LogP contribution in [0.25, 0.3) is 0 Å². The number of nitrogens with zero attached hydrogens (tertiary/aromatic N) is 2. The van der Waals surface area contributed by atoms with E-state index in [2.05, 4.69) is 16.8 Å². The first kappa shape index (κ1) is 15.5. The van der Waals surface area contributed by atoms with Crippen LogP contribution in [0.2, 0.25) is 0 Å². The molecule has 2 unspecified atom stereocenters. The van der Waals surface area contributed by atoms with E-state index >= 15 is 0 Å². The van der Waals surface area contributed by atoms with E-state index in [0.29, 0.717) is 24.3 Å². The molecule has 1 aromatic rings. The highest BCUT2D eigenvalue weighted by atomic mass is 16.5. The van der Waals surface area contributed by atoms with Gasteiger partial charge in [0.25, 0.3) is 5.91 Å². The van der Waals surface area contributed by atoms with Crippen LogP contribution >= 0.6 is 0 Å². The molecule has 21 heavy (non-hydrogen) atoms. The highest BCUT2D eigenvalue weighted by molar-refractivity contribution is 5.94. The van der Waals surface area contributed by atoms with E-state index < -0.39 is 0 Å². The lowest BCUT2D eigenvalue weighted by molar-refractivity contribution is -0.0444. The van der Waals surface area contributed by atoms with E-state index in [0.717, 1.165) is 6.42 Å². The van der Waals surface area contributed by atoms with Gasteiger partial charge < -0.3 is 14.7 Å². The molecule has 1 fully saturated rings. The molecule has 1 saturated heterocycles. The maximum Gasteiger partial charge on any atom is 0.255 e. The molecule has 0 radical (unpaired) electrons. The average molecular weight is 288 g/mol. The zero-order valence-electron chi connectivity index (χ0n) is 12.4. The molecule has 1 aliphatic rings. The maximum atomic E-state index is 12.7. The zero-order valence-corrected chi connectivity index (χ0v) is 12.4. The van der Waals surface area contributed by atoms with Crippen LogP contribution in [0.5, 0.6) is 0 Å². The summed E-state index contributed by atoms with van der Waals surface area (Å²) in [5.41, 5.74) is 1.15. The molecule has 0 saturated carbocycles. The monoisotopic (exact) mass is 288 g/mol. The van der Waals surface area contributed by atoms with E-state index in [1.54, 1.807) is 18.5 Å². The molecular formula is C16H20N2O3. The molecule has 0 aromatic carbocycles. The largest absolute Gasteiger partial charge is 0.384 e. The molecule has 0 spiro atoms. The molecule has 5 heteroatoms. The number of carbonyl (C=O) groups is 1. The van der Waals surface area contributed by atoms with E-state index in [-0.39, 0.29) is 24.7 Å². The second kappa shape index (κ2) is 7.21. The summed E-state index contributed by atoms with van der Waals surface area (Å²) in [4.78, 5) is 18.6. The Labute approximate surface area is 124 Å². The number of aliphatic hydroxyl groups is 1. The summed E-state index contributed by atoms with van der Waals surface area (Å²) in [5.74, 6) is 5.28. The predicted octanol–water partition coefficient (Wildman–Crippen LogP) is 1.06.